The van der Waals surface area contributed by atoms with Crippen molar-refractivity contribution in [1.29, 1.82) is 0 Å². The number of rotatable bonds is 30. The first-order valence-electron chi connectivity index (χ1n) is 44.4. The van der Waals surface area contributed by atoms with Crippen LogP contribution in [0.2, 0.25) is 0 Å². The van der Waals surface area contributed by atoms with Gasteiger partial charge in [-0.3, -0.25) is 25.0 Å². The van der Waals surface area contributed by atoms with E-state index in [4.69, 9.17) is 45.6 Å². The number of unbranched alkanes of at least 4 members (excludes halogenated alkanes) is 3. The van der Waals surface area contributed by atoms with E-state index in [9.17, 15) is 70.2 Å². The van der Waals surface area contributed by atoms with Gasteiger partial charge in [-0.2, -0.15) is 43.9 Å². The van der Waals surface area contributed by atoms with Crippen LogP contribution >= 0.6 is 0 Å². The zero-order chi connectivity index (χ0) is 95.4. The fourth-order valence-corrected chi connectivity index (χ4v) is 11.2. The van der Waals surface area contributed by atoms with Gasteiger partial charge in [-0.15, -0.1) is 0 Å². The van der Waals surface area contributed by atoms with Gasteiger partial charge in [0.05, 0.1) is 39.3 Å². The van der Waals surface area contributed by atoms with E-state index in [2.05, 4.69) is 49.9 Å². The van der Waals surface area contributed by atoms with Crippen molar-refractivity contribution in [2.24, 2.45) is 49.9 Å². The smallest absolute Gasteiger partial charge is 0.399 e. The molecule has 0 aromatic carbocycles. The second kappa shape index (κ2) is 43.0. The lowest BCUT2D eigenvalue weighted by atomic mass is 10.0. The zero-order valence-corrected chi connectivity index (χ0v) is 62.9. The van der Waals surface area contributed by atoms with E-state index in [1.807, 2.05) is 25.2 Å². The average molecular weight is 1620 g/mol. The Bertz CT molecular complexity index is 4190. The van der Waals surface area contributed by atoms with Crippen molar-refractivity contribution in [3.8, 4) is 0 Å². The number of halogens is 16. The van der Waals surface area contributed by atoms with E-state index >= 15 is 0 Å². The molecule has 0 aromatic rings. The molecule has 111 heavy (non-hydrogen) atoms. The SMILES string of the molecule is [2H]C([2H])([2H])N1CCC=C(C2=NCN=C2OCCC(F)(F)C(F)(F)C(C)(F)F)C1.[2H]C([2H])([2H])N1CCC=C(C2=NCN=C2OCCCC(F)(F)C(C)(F)F)C1.[2H]C([2H])([2H])N1CCC=C(C2=NCN=C2OCCCC(F)(F)CC)C1.[2H]C([2H])([2H])N1CCC=C(C2=NCN=C2OCCCCC(C)(F)F)C1.[2H]C1([2H])CC=C(C2=NCN=C2OC(F)(F)CCCCC)C([2H])([2H])N1C. The van der Waals surface area contributed by atoms with Gasteiger partial charge >= 0.3 is 35.7 Å². The van der Waals surface area contributed by atoms with Gasteiger partial charge in [0.2, 0.25) is 41.3 Å². The van der Waals surface area contributed by atoms with E-state index in [0.29, 0.717) is 118 Å². The molecule has 10 heterocycles. The summed E-state index contributed by atoms with van der Waals surface area (Å²) in [6.07, 6.45) is 6.43. The first kappa shape index (κ1) is 70.7. The topological polar surface area (TPSA) is 186 Å². The molecule has 0 bridgehead atoms. The summed E-state index contributed by atoms with van der Waals surface area (Å²) in [6, 6.07) is 0. The van der Waals surface area contributed by atoms with Gasteiger partial charge in [0.25, 0.3) is 0 Å². The standard InChI is InChI=1S/C15H19F6N3O.C15H21F4N3O.3C15H23F2N3O/c1-13(16,17)15(20,21)14(18,19)5-7-25-12-11(22-9-23-12)10-4-3-6-24(2)8-10;1-14(16,17)15(18,19)6-4-8-23-13-12(20-10-21-13)11-5-3-7-22(2)9-11;1-15(16,17)7-3-4-9-21-14-13(18-11-19-14)12-6-5-8-20(2)10-12;1-3-15(16,17)7-5-9-21-14-13(18-11-19-14)12-6-4-8-20(2)10-12;1-3-4-5-8-15(16,17)21-14-13(18-11-19-14)12-7-6-9-20(2)10-12/h4H,3,5-9H2,1-2H3;5H,3-4,6-10H2,1-2H3;2*6H,3-5,7-11H2,1-2H3;7H,3-6,8-11H2,1-2H3/i4*2D3;9D2,10D2. The third-order valence-corrected chi connectivity index (χ3v) is 17.4. The molecule has 10 aliphatic rings. The van der Waals surface area contributed by atoms with Crippen LogP contribution in [0.5, 0.6) is 0 Å². The highest BCUT2D eigenvalue weighted by molar-refractivity contribution is 6.48. The molecule has 10 aliphatic heterocycles. The Morgan fingerprint density at radius 3 is 1.14 bits per heavy atom. The normalized spacial score (nSPS) is 23.6. The molecule has 0 fully saturated rings. The maximum atomic E-state index is 14.0. The van der Waals surface area contributed by atoms with Crippen molar-refractivity contribution in [2.75, 3.05) is 160 Å². The Balaban J connectivity index is 0.000000245. The second-order valence-corrected chi connectivity index (χ2v) is 27.0. The highest BCUT2D eigenvalue weighted by Crippen LogP contribution is 2.47. The third-order valence-electron chi connectivity index (χ3n) is 17.4. The lowest BCUT2D eigenvalue weighted by Crippen LogP contribution is -2.53. The third kappa shape index (κ3) is 30.4. The summed E-state index contributed by atoms with van der Waals surface area (Å²) in [7, 11) is 1.31. The number of likely N-dealkylation sites (N-methyl/N-ethyl adjacent to an activating group) is 5. The number of ether oxygens (including phenoxy) is 5. The predicted octanol–water partition coefficient (Wildman–Crippen LogP) is 15.6. The Kier molecular flexibility index (Phi) is 27.4. The van der Waals surface area contributed by atoms with E-state index in [0.717, 1.165) is 29.4 Å². The number of aliphatic imine (C=N–C) groups is 10. The summed E-state index contributed by atoms with van der Waals surface area (Å²) in [5.41, 5.74) is 4.28. The fraction of sp³-hybridized carbons (Fsp3) is 0.733. The molecule has 0 aliphatic carbocycles. The maximum absolute atomic E-state index is 14.0. The summed E-state index contributed by atoms with van der Waals surface area (Å²) < 4.78 is 359. The average Bonchev–Trinajstić information content (AvgIpc) is 1.74. The number of alkyl halides is 16. The van der Waals surface area contributed by atoms with Crippen LogP contribution in [-0.2, 0) is 23.7 Å². The lowest BCUT2D eigenvalue weighted by molar-refractivity contribution is -0.305. The molecule has 0 unspecified atom stereocenters. The van der Waals surface area contributed by atoms with Crippen LogP contribution in [0.15, 0.2) is 108 Å². The number of hydrogen-bond acceptors (Lipinski definition) is 20. The quantitative estimate of drug-likeness (QED) is 0.0495. The summed E-state index contributed by atoms with van der Waals surface area (Å²) in [4.78, 5) is 47.0. The number of hydrogen-bond donors (Lipinski definition) is 0. The molecule has 10 rings (SSSR count). The summed E-state index contributed by atoms with van der Waals surface area (Å²) in [5, 5.41) is 0. The molecule has 0 spiro atoms. The monoisotopic (exact) mass is 1620 g/mol. The first-order valence-corrected chi connectivity index (χ1v) is 36.4. The minimum atomic E-state index is -5.54. The van der Waals surface area contributed by atoms with E-state index in [1.165, 1.54) is 39.6 Å². The van der Waals surface area contributed by atoms with Gasteiger partial charge in [0, 0.05) is 127 Å². The largest absolute Gasteiger partial charge is 0.476 e. The van der Waals surface area contributed by atoms with E-state index in [-0.39, 0.29) is 166 Å². The van der Waals surface area contributed by atoms with Crippen LogP contribution in [0.25, 0.3) is 0 Å². The summed E-state index contributed by atoms with van der Waals surface area (Å²) in [6.45, 7) is -6.87. The minimum Gasteiger partial charge on any atom is -0.476 e. The van der Waals surface area contributed by atoms with Crippen molar-refractivity contribution >= 4 is 58.0 Å². The molecular weight excluding hydrogens is 1490 g/mol. The van der Waals surface area contributed by atoms with E-state index in [1.54, 1.807) is 6.08 Å². The van der Waals surface area contributed by atoms with Gasteiger partial charge in [-0.25, -0.2) is 51.3 Å². The Morgan fingerprint density at radius 2 is 0.757 bits per heavy atom. The lowest BCUT2D eigenvalue weighted by Gasteiger charge is -2.30. The van der Waals surface area contributed by atoms with Crippen LogP contribution in [-0.4, -0.2) is 290 Å². The van der Waals surface area contributed by atoms with Gasteiger partial charge in [-0.05, 0) is 134 Å². The molecule has 626 valence electrons. The van der Waals surface area contributed by atoms with Crippen LogP contribution in [0.4, 0.5) is 70.2 Å². The molecule has 0 amide bonds. The van der Waals surface area contributed by atoms with Crippen LogP contribution in [0.1, 0.15) is 172 Å². The second-order valence-electron chi connectivity index (χ2n) is 27.0. The van der Waals surface area contributed by atoms with Crippen molar-refractivity contribution < 1.29 is 116 Å². The van der Waals surface area contributed by atoms with Crippen molar-refractivity contribution in [1.82, 2.24) is 24.5 Å². The van der Waals surface area contributed by atoms with Crippen LogP contribution < -0.4 is 0 Å². The van der Waals surface area contributed by atoms with Gasteiger partial charge in [0.1, 0.15) is 61.9 Å². The summed E-state index contributed by atoms with van der Waals surface area (Å²) >= 11 is 0. The summed E-state index contributed by atoms with van der Waals surface area (Å²) in [5.74, 6) is -28.7. The van der Waals surface area contributed by atoms with E-state index < -0.39 is 114 Å². The van der Waals surface area contributed by atoms with Crippen molar-refractivity contribution in [2.45, 2.75) is 198 Å². The van der Waals surface area contributed by atoms with Crippen molar-refractivity contribution in [3.05, 3.63) is 58.2 Å². The molecular formula is C75H109F16N15O5. The molecule has 0 atom stereocenters. The van der Waals surface area contributed by atoms with Gasteiger partial charge in [0.15, 0.2) is 0 Å². The van der Waals surface area contributed by atoms with Crippen LogP contribution in [0.3, 0.4) is 0 Å². The Labute approximate surface area is 663 Å². The molecule has 0 N–H and O–H groups in total. The predicted molar refractivity (Wildman–Crippen MR) is 403 cm³/mol. The molecule has 0 radical (unpaired) electrons. The maximum Gasteiger partial charge on any atom is 0.399 e. The highest BCUT2D eigenvalue weighted by atomic mass is 19.4. The van der Waals surface area contributed by atoms with Gasteiger partial charge in [-0.1, -0.05) is 57.1 Å². The van der Waals surface area contributed by atoms with Crippen LogP contribution in [0, 0.1) is 0 Å². The van der Waals surface area contributed by atoms with Gasteiger partial charge < -0.3 is 48.2 Å². The molecule has 0 saturated carbocycles. The first-order chi connectivity index (χ1) is 58.5. The van der Waals surface area contributed by atoms with Crippen molar-refractivity contribution in [3.63, 3.8) is 0 Å². The molecule has 0 aromatic heterocycles. The number of nitrogens with zero attached hydrogens (tertiary/aromatic N) is 15. The highest BCUT2D eigenvalue weighted by Gasteiger charge is 2.68. The molecule has 0 saturated heterocycles. The zero-order valence-electron chi connectivity index (χ0n) is 78.9. The molecule has 20 nitrogen and oxygen atoms in total. The Hall–Kier alpha value is -6.92. The Morgan fingerprint density at radius 1 is 0.387 bits per heavy atom. The molecule has 36 heteroatoms. The minimum absolute atomic E-state index is 0.00531. The fourth-order valence-electron chi connectivity index (χ4n) is 11.2.